The maximum absolute atomic E-state index is 14.6. The molecule has 2 fully saturated rings. The van der Waals surface area contributed by atoms with Crippen molar-refractivity contribution in [2.75, 3.05) is 31.1 Å². The van der Waals surface area contributed by atoms with Crippen LogP contribution >= 0.6 is 0 Å². The summed E-state index contributed by atoms with van der Waals surface area (Å²) in [7, 11) is -4.01. The molecule has 1 aromatic rings. The zero-order valence-corrected chi connectivity index (χ0v) is 20.1. The number of hydrogen-bond acceptors (Lipinski definition) is 7. The highest BCUT2D eigenvalue weighted by Crippen LogP contribution is 2.26. The van der Waals surface area contributed by atoms with E-state index in [0.717, 1.165) is 17.8 Å². The van der Waals surface area contributed by atoms with Gasteiger partial charge in [-0.25, -0.2) is 18.7 Å². The predicted molar refractivity (Wildman–Crippen MR) is 122 cm³/mol. The van der Waals surface area contributed by atoms with Gasteiger partial charge in [0.1, 0.15) is 17.7 Å². The van der Waals surface area contributed by atoms with Gasteiger partial charge in [0.15, 0.2) is 0 Å². The number of piperidine rings is 2. The Labute approximate surface area is 198 Å². The lowest BCUT2D eigenvalue weighted by Gasteiger charge is -2.32. The quantitative estimate of drug-likeness (QED) is 0.550. The molecule has 3 N–H and O–H groups in total. The maximum atomic E-state index is 14.6. The lowest BCUT2D eigenvalue weighted by Crippen LogP contribution is -2.41. The molecule has 1 aromatic carbocycles. The van der Waals surface area contributed by atoms with E-state index in [-0.39, 0.29) is 29.6 Å². The van der Waals surface area contributed by atoms with Crippen LogP contribution in [0.15, 0.2) is 17.3 Å². The summed E-state index contributed by atoms with van der Waals surface area (Å²) in [5, 5.41) is 9.10. The summed E-state index contributed by atoms with van der Waals surface area (Å²) in [5.74, 6) is -1.37. The van der Waals surface area contributed by atoms with Gasteiger partial charge in [0.05, 0.1) is 17.5 Å². The zero-order valence-electron chi connectivity index (χ0n) is 19.3. The fourth-order valence-electron chi connectivity index (χ4n) is 3.80. The molecule has 0 saturated carbocycles. The lowest BCUT2D eigenvalue weighted by molar-refractivity contribution is 0.00415. The van der Waals surface area contributed by atoms with Crippen LogP contribution in [0.4, 0.5) is 19.3 Å². The Hall–Kier alpha value is -2.51. The van der Waals surface area contributed by atoms with Crippen molar-refractivity contribution < 1.29 is 31.6 Å². The molecule has 190 valence electrons. The summed E-state index contributed by atoms with van der Waals surface area (Å²) in [4.78, 5) is 21.0. The zero-order chi connectivity index (χ0) is 24.9. The number of nitrogens with one attached hydrogen (secondary N) is 1. The van der Waals surface area contributed by atoms with E-state index in [1.165, 1.54) is 0 Å². The van der Waals surface area contributed by atoms with E-state index in [9.17, 15) is 22.0 Å². The number of hydrogen-bond donors (Lipinski definition) is 2. The second-order valence-corrected chi connectivity index (χ2v) is 10.0. The van der Waals surface area contributed by atoms with Crippen LogP contribution in [0.1, 0.15) is 45.1 Å². The molecule has 2 aliphatic heterocycles. The molecular formula is C21H31F2N5O5S. The second-order valence-electron chi connectivity index (χ2n) is 8.63. The number of nitrogens with two attached hydrogens (primary N) is 1. The van der Waals surface area contributed by atoms with Crippen molar-refractivity contribution in [3.63, 3.8) is 0 Å². The number of amides is 1. The van der Waals surface area contributed by atoms with E-state index >= 15 is 0 Å². The number of ether oxygens (including phenoxy) is 1. The highest BCUT2D eigenvalue weighted by Gasteiger charge is 2.26. The monoisotopic (exact) mass is 503 g/mol. The minimum atomic E-state index is -4.01. The lowest BCUT2D eigenvalue weighted by atomic mass is 10.1. The smallest absolute Gasteiger partial charge is 0.410 e. The first-order valence-electron chi connectivity index (χ1n) is 11.2. The van der Waals surface area contributed by atoms with Gasteiger partial charge in [-0.05, 0) is 19.9 Å². The van der Waals surface area contributed by atoms with E-state index in [4.69, 9.17) is 14.7 Å². The number of anilines is 1. The number of nitrogens with zero attached hydrogens (tertiary/aromatic N) is 3. The maximum Gasteiger partial charge on any atom is 0.410 e. The second kappa shape index (κ2) is 11.3. The normalized spacial score (nSPS) is 17.8. The molecule has 0 aliphatic carbocycles. The van der Waals surface area contributed by atoms with E-state index in [2.05, 4.69) is 5.16 Å². The van der Waals surface area contributed by atoms with E-state index in [0.29, 0.717) is 51.9 Å². The van der Waals surface area contributed by atoms with Gasteiger partial charge in [-0.2, -0.15) is 13.1 Å². The van der Waals surface area contributed by atoms with E-state index < -0.39 is 28.4 Å². The Morgan fingerprint density at radius 1 is 1.18 bits per heavy atom. The molecule has 2 saturated heterocycles. The molecule has 0 unspecified atom stereocenters. The van der Waals surface area contributed by atoms with Crippen LogP contribution in [0.2, 0.25) is 0 Å². The van der Waals surface area contributed by atoms with Gasteiger partial charge < -0.3 is 19.4 Å². The standard InChI is InChI=1S/C21H31F2N5O5S/c1-14(2)32-21(29)28-9-5-17(6-10-28)33-26-16-3-7-27(8-4-16)20-12-18(22)15(11-19(20)23)13-25-34(24,30)31/h11-12,14,17,25H,3-10,13H2,1-2H3,(H2,24,30,31). The molecular weight excluding hydrogens is 472 g/mol. The van der Waals surface area contributed by atoms with Gasteiger partial charge in [-0.15, -0.1) is 0 Å². The third-order valence-corrected chi connectivity index (χ3v) is 6.18. The minimum absolute atomic E-state index is 0.0846. The Kier molecular flexibility index (Phi) is 8.66. The topological polar surface area (TPSA) is 127 Å². The summed E-state index contributed by atoms with van der Waals surface area (Å²) >= 11 is 0. The molecule has 1 amide bonds. The molecule has 0 bridgehead atoms. The van der Waals surface area contributed by atoms with Gasteiger partial charge in [-0.1, -0.05) is 5.16 Å². The van der Waals surface area contributed by atoms with Gasteiger partial charge in [0.25, 0.3) is 10.2 Å². The molecule has 0 spiro atoms. The highest BCUT2D eigenvalue weighted by molar-refractivity contribution is 7.87. The highest BCUT2D eigenvalue weighted by atomic mass is 32.2. The predicted octanol–water partition coefficient (Wildman–Crippen LogP) is 2.24. The molecule has 0 radical (unpaired) electrons. The number of halogens is 2. The van der Waals surface area contributed by atoms with Crippen LogP contribution in [-0.4, -0.2) is 63.5 Å². The third-order valence-electron chi connectivity index (χ3n) is 5.63. The van der Waals surface area contributed by atoms with Crippen molar-refractivity contribution in [1.82, 2.24) is 9.62 Å². The summed E-state index contributed by atoms with van der Waals surface area (Å²) < 4.78 is 58.0. The van der Waals surface area contributed by atoms with Crippen LogP contribution in [0.3, 0.4) is 0 Å². The Balaban J connectivity index is 1.48. The Morgan fingerprint density at radius 3 is 2.41 bits per heavy atom. The van der Waals surface area contributed by atoms with Crippen LogP contribution < -0.4 is 14.8 Å². The largest absolute Gasteiger partial charge is 0.447 e. The first kappa shape index (κ1) is 26.1. The van der Waals surface area contributed by atoms with Crippen molar-refractivity contribution in [2.24, 2.45) is 10.3 Å². The minimum Gasteiger partial charge on any atom is -0.447 e. The fraction of sp³-hybridized carbons (Fsp3) is 0.619. The van der Waals surface area contributed by atoms with Crippen LogP contribution in [-0.2, 0) is 26.3 Å². The number of rotatable bonds is 7. The van der Waals surface area contributed by atoms with Crippen LogP contribution in [0.5, 0.6) is 0 Å². The molecule has 10 nitrogen and oxygen atoms in total. The summed E-state index contributed by atoms with van der Waals surface area (Å²) in [5.41, 5.74) is 0.816. The third kappa shape index (κ3) is 7.50. The van der Waals surface area contributed by atoms with Gasteiger partial charge in [0.2, 0.25) is 0 Å². The van der Waals surface area contributed by atoms with Crippen molar-refractivity contribution in [3.05, 3.63) is 29.3 Å². The molecule has 0 aromatic heterocycles. The molecule has 3 rings (SSSR count). The van der Waals surface area contributed by atoms with Crippen molar-refractivity contribution in [3.8, 4) is 0 Å². The number of oxime groups is 1. The number of carbonyl (C=O) groups excluding carboxylic acids is 1. The van der Waals surface area contributed by atoms with Crippen LogP contribution in [0.25, 0.3) is 0 Å². The van der Waals surface area contributed by atoms with Crippen LogP contribution in [0, 0.1) is 11.6 Å². The summed E-state index contributed by atoms with van der Waals surface area (Å²) in [6.45, 7) is 5.15. The number of carbonyl (C=O) groups is 1. The van der Waals surface area contributed by atoms with Crippen molar-refractivity contribution in [2.45, 2.75) is 58.3 Å². The molecule has 2 aliphatic rings. The Morgan fingerprint density at radius 2 is 1.82 bits per heavy atom. The SMILES string of the molecule is CC(C)OC(=O)N1CCC(ON=C2CCN(c3cc(F)c(CNS(N)(=O)=O)cc3F)CC2)CC1. The molecule has 34 heavy (non-hydrogen) atoms. The summed E-state index contributed by atoms with van der Waals surface area (Å²) in [6.07, 6.45) is 1.84. The van der Waals surface area contributed by atoms with Gasteiger partial charge in [0, 0.05) is 70.0 Å². The molecule has 13 heteroatoms. The fourth-order valence-corrected chi connectivity index (χ4v) is 4.16. The van der Waals surface area contributed by atoms with E-state index in [1.807, 2.05) is 18.6 Å². The number of likely N-dealkylation sites (tertiary alicyclic amines) is 1. The number of benzene rings is 1. The van der Waals surface area contributed by atoms with Gasteiger partial charge >= 0.3 is 6.09 Å². The van der Waals surface area contributed by atoms with Crippen molar-refractivity contribution in [1.29, 1.82) is 0 Å². The Bertz CT molecular complexity index is 1000. The molecule has 0 atom stereocenters. The molecule has 2 heterocycles. The first-order valence-corrected chi connectivity index (χ1v) is 12.7. The van der Waals surface area contributed by atoms with Gasteiger partial charge in [-0.3, -0.25) is 0 Å². The van der Waals surface area contributed by atoms with E-state index in [1.54, 1.807) is 9.80 Å². The van der Waals surface area contributed by atoms with Crippen molar-refractivity contribution >= 4 is 27.7 Å². The average molecular weight is 504 g/mol. The summed E-state index contributed by atoms with van der Waals surface area (Å²) in [6, 6.07) is 2.03. The average Bonchev–Trinajstić information content (AvgIpc) is 2.77. The first-order chi connectivity index (χ1) is 16.0.